The molecule has 0 aliphatic carbocycles. The molecule has 1 aromatic rings. The Morgan fingerprint density at radius 1 is 1.41 bits per heavy atom. The van der Waals surface area contributed by atoms with Crippen molar-refractivity contribution >= 4 is 17.4 Å². The normalized spacial score (nSPS) is 10.9. The van der Waals surface area contributed by atoms with Crippen LogP contribution in [0.2, 0.25) is 5.02 Å². The van der Waals surface area contributed by atoms with Crippen molar-refractivity contribution in [1.82, 2.24) is 0 Å². The van der Waals surface area contributed by atoms with Crippen molar-refractivity contribution in [3.8, 4) is 0 Å². The first-order valence-electron chi connectivity index (χ1n) is 4.85. The van der Waals surface area contributed by atoms with Gasteiger partial charge in [-0.3, -0.25) is 4.79 Å². The van der Waals surface area contributed by atoms with Crippen LogP contribution in [0.1, 0.15) is 16.8 Å². The third-order valence-electron chi connectivity index (χ3n) is 1.95. The van der Waals surface area contributed by atoms with Crippen molar-refractivity contribution in [1.29, 1.82) is 0 Å². The van der Waals surface area contributed by atoms with Gasteiger partial charge < -0.3 is 4.74 Å². The van der Waals surface area contributed by atoms with Gasteiger partial charge in [-0.05, 0) is 18.2 Å². The number of benzene rings is 1. The number of ether oxygens (including phenoxy) is 1. The van der Waals surface area contributed by atoms with Gasteiger partial charge in [-0.15, -0.1) is 0 Å². The number of halogens is 4. The predicted molar refractivity (Wildman–Crippen MR) is 57.2 cm³/mol. The summed E-state index contributed by atoms with van der Waals surface area (Å²) in [5.74, 6) is -1.02. The van der Waals surface area contributed by atoms with E-state index in [4.69, 9.17) is 11.6 Å². The standard InChI is InChI=1S/C11H10ClF3O2/c12-9-2-1-7(13)5-8(9)10(16)3-4-17-6-11(14)15/h1-2,5,11H,3-4,6H2. The van der Waals surface area contributed by atoms with Gasteiger partial charge in [0.1, 0.15) is 12.4 Å². The summed E-state index contributed by atoms with van der Waals surface area (Å²) in [7, 11) is 0. The largest absolute Gasteiger partial charge is 0.375 e. The summed E-state index contributed by atoms with van der Waals surface area (Å²) in [5, 5.41) is 0.130. The highest BCUT2D eigenvalue weighted by atomic mass is 35.5. The minimum atomic E-state index is -2.57. The molecule has 94 valence electrons. The second kappa shape index (κ2) is 6.61. The lowest BCUT2D eigenvalue weighted by molar-refractivity contribution is 0.0170. The fourth-order valence-electron chi connectivity index (χ4n) is 1.18. The SMILES string of the molecule is O=C(CCOCC(F)F)c1cc(F)ccc1Cl. The van der Waals surface area contributed by atoms with Gasteiger partial charge in [0, 0.05) is 12.0 Å². The molecule has 0 saturated heterocycles. The zero-order valence-corrected chi connectivity index (χ0v) is 9.52. The molecule has 6 heteroatoms. The lowest BCUT2D eigenvalue weighted by atomic mass is 10.1. The minimum absolute atomic E-state index is 0.0345. The summed E-state index contributed by atoms with van der Waals surface area (Å²) in [6, 6.07) is 3.41. The van der Waals surface area contributed by atoms with Gasteiger partial charge in [0.2, 0.25) is 0 Å². The Morgan fingerprint density at radius 3 is 2.76 bits per heavy atom. The molecule has 17 heavy (non-hydrogen) atoms. The zero-order valence-electron chi connectivity index (χ0n) is 8.76. The molecule has 0 heterocycles. The maximum absolute atomic E-state index is 12.9. The first-order chi connectivity index (χ1) is 8.00. The van der Waals surface area contributed by atoms with E-state index < -0.39 is 24.6 Å². The molecular weight excluding hydrogens is 257 g/mol. The molecule has 0 unspecified atom stereocenters. The Balaban J connectivity index is 2.49. The third-order valence-corrected chi connectivity index (χ3v) is 2.28. The van der Waals surface area contributed by atoms with Crippen LogP contribution in [-0.2, 0) is 4.74 Å². The number of rotatable bonds is 6. The number of ketones is 1. The van der Waals surface area contributed by atoms with E-state index in [1.807, 2.05) is 0 Å². The van der Waals surface area contributed by atoms with Crippen molar-refractivity contribution < 1.29 is 22.7 Å². The molecule has 0 bridgehead atoms. The minimum Gasteiger partial charge on any atom is -0.375 e. The number of carbonyl (C=O) groups is 1. The van der Waals surface area contributed by atoms with Gasteiger partial charge in [0.15, 0.2) is 5.78 Å². The van der Waals surface area contributed by atoms with E-state index in [1.54, 1.807) is 0 Å². The molecule has 0 aliphatic rings. The molecule has 0 N–H and O–H groups in total. The Hall–Kier alpha value is -1.07. The van der Waals surface area contributed by atoms with Gasteiger partial charge >= 0.3 is 0 Å². The smallest absolute Gasteiger partial charge is 0.261 e. The van der Waals surface area contributed by atoms with Crippen LogP contribution in [0.5, 0.6) is 0 Å². The number of carbonyl (C=O) groups excluding carboxylic acids is 1. The topological polar surface area (TPSA) is 26.3 Å². The predicted octanol–water partition coefficient (Wildman–Crippen LogP) is 3.33. The van der Waals surface area contributed by atoms with Crippen molar-refractivity contribution in [3.05, 3.63) is 34.6 Å². The monoisotopic (exact) mass is 266 g/mol. The van der Waals surface area contributed by atoms with E-state index in [-0.39, 0.29) is 23.6 Å². The number of hydrogen-bond donors (Lipinski definition) is 0. The summed E-state index contributed by atoms with van der Waals surface area (Å²) in [5.41, 5.74) is 0.0345. The van der Waals surface area contributed by atoms with Crippen LogP contribution in [0.25, 0.3) is 0 Å². The lowest BCUT2D eigenvalue weighted by Crippen LogP contribution is -2.10. The quantitative estimate of drug-likeness (QED) is 0.583. The molecule has 0 radical (unpaired) electrons. The highest BCUT2D eigenvalue weighted by molar-refractivity contribution is 6.33. The number of alkyl halides is 2. The van der Waals surface area contributed by atoms with Crippen molar-refractivity contribution in [3.63, 3.8) is 0 Å². The third kappa shape index (κ3) is 4.75. The summed E-state index contributed by atoms with van der Waals surface area (Å²) in [6.45, 7) is -0.861. The van der Waals surface area contributed by atoms with Crippen LogP contribution in [-0.4, -0.2) is 25.4 Å². The molecule has 0 spiro atoms. The van der Waals surface area contributed by atoms with Crippen molar-refractivity contribution in [2.24, 2.45) is 0 Å². The first-order valence-corrected chi connectivity index (χ1v) is 5.22. The Labute approximate surface area is 101 Å². The molecule has 0 amide bonds. The summed E-state index contributed by atoms with van der Waals surface area (Å²) in [4.78, 5) is 11.5. The molecule has 0 atom stereocenters. The first kappa shape index (κ1) is 14.0. The summed E-state index contributed by atoms with van der Waals surface area (Å²) < 4.78 is 40.8. The van der Waals surface area contributed by atoms with Crippen LogP contribution in [0, 0.1) is 5.82 Å². The fourth-order valence-corrected chi connectivity index (χ4v) is 1.41. The number of Topliss-reactive ketones (excluding diaryl/α,β-unsaturated/α-hetero) is 1. The van der Waals surface area contributed by atoms with Gasteiger partial charge in [-0.1, -0.05) is 11.6 Å². The Morgan fingerprint density at radius 2 is 2.12 bits per heavy atom. The summed E-state index contributed by atoms with van der Waals surface area (Å²) >= 11 is 5.71. The van der Waals surface area contributed by atoms with E-state index in [0.29, 0.717) is 0 Å². The van der Waals surface area contributed by atoms with E-state index in [9.17, 15) is 18.0 Å². The molecule has 0 fully saturated rings. The average Bonchev–Trinajstić information content (AvgIpc) is 2.27. The molecule has 1 rings (SSSR count). The Kier molecular flexibility index (Phi) is 5.44. The van der Waals surface area contributed by atoms with E-state index in [1.165, 1.54) is 6.07 Å². The van der Waals surface area contributed by atoms with Crippen LogP contribution in [0.4, 0.5) is 13.2 Å². The van der Waals surface area contributed by atoms with Crippen LogP contribution < -0.4 is 0 Å². The lowest BCUT2D eigenvalue weighted by Gasteiger charge is -2.05. The average molecular weight is 267 g/mol. The second-order valence-electron chi connectivity index (χ2n) is 3.26. The fraction of sp³-hybridized carbons (Fsp3) is 0.364. The van der Waals surface area contributed by atoms with Crippen LogP contribution in [0.3, 0.4) is 0 Å². The molecule has 0 aliphatic heterocycles. The van der Waals surface area contributed by atoms with E-state index in [0.717, 1.165) is 12.1 Å². The van der Waals surface area contributed by atoms with Gasteiger partial charge in [-0.25, -0.2) is 13.2 Å². The zero-order chi connectivity index (χ0) is 12.8. The van der Waals surface area contributed by atoms with Gasteiger partial charge in [0.05, 0.1) is 11.6 Å². The maximum atomic E-state index is 12.9. The number of hydrogen-bond acceptors (Lipinski definition) is 2. The second-order valence-corrected chi connectivity index (χ2v) is 3.67. The van der Waals surface area contributed by atoms with Gasteiger partial charge in [-0.2, -0.15) is 0 Å². The molecule has 0 saturated carbocycles. The van der Waals surface area contributed by atoms with Crippen molar-refractivity contribution in [2.75, 3.05) is 13.2 Å². The van der Waals surface area contributed by atoms with Crippen LogP contribution in [0.15, 0.2) is 18.2 Å². The molecular formula is C11H10ClF3O2. The Bertz CT molecular complexity index is 396. The molecule has 1 aromatic carbocycles. The molecule has 2 nitrogen and oxygen atoms in total. The van der Waals surface area contributed by atoms with Crippen LogP contribution >= 0.6 is 11.6 Å². The van der Waals surface area contributed by atoms with E-state index in [2.05, 4.69) is 4.74 Å². The summed E-state index contributed by atoms with van der Waals surface area (Å²) in [6.07, 6.45) is -2.68. The van der Waals surface area contributed by atoms with E-state index >= 15 is 0 Å². The van der Waals surface area contributed by atoms with Gasteiger partial charge in [0.25, 0.3) is 6.43 Å². The highest BCUT2D eigenvalue weighted by Gasteiger charge is 2.12. The molecule has 0 aromatic heterocycles. The maximum Gasteiger partial charge on any atom is 0.261 e. The highest BCUT2D eigenvalue weighted by Crippen LogP contribution is 2.18. The van der Waals surface area contributed by atoms with Crippen molar-refractivity contribution in [2.45, 2.75) is 12.8 Å².